The minimum absolute atomic E-state index is 0.0119. The molecule has 0 fully saturated rings. The summed E-state index contributed by atoms with van der Waals surface area (Å²) in [6, 6.07) is 14.7. The highest BCUT2D eigenvalue weighted by atomic mass is 16.3. The molecule has 0 amide bonds. The number of fused-ring (bicyclic) bond motifs is 1. The molecule has 134 valence electrons. The number of imidazole rings is 1. The number of nitrogen functional groups attached to an aromatic ring is 2. The number of aromatic amines is 1. The first-order valence-electron chi connectivity index (χ1n) is 8.32. The Labute approximate surface area is 155 Å². The number of rotatable bonds is 4. The zero-order chi connectivity index (χ0) is 19.1. The minimum Gasteiger partial charge on any atom is -0.453 e. The SMILES string of the molecule is Cc1cc(C(=N)N)ccc1-c1ccc(-c2nc3ccc(C(=N)N)cc3[nH]2)o1. The van der Waals surface area contributed by atoms with Crippen LogP contribution in [0.3, 0.4) is 0 Å². The highest BCUT2D eigenvalue weighted by Gasteiger charge is 2.13. The lowest BCUT2D eigenvalue weighted by molar-refractivity contribution is 0.593. The molecule has 0 saturated heterocycles. The van der Waals surface area contributed by atoms with Crippen molar-refractivity contribution in [2.75, 3.05) is 0 Å². The van der Waals surface area contributed by atoms with Gasteiger partial charge in [-0.15, -0.1) is 0 Å². The highest BCUT2D eigenvalue weighted by molar-refractivity contribution is 5.98. The van der Waals surface area contributed by atoms with E-state index in [-0.39, 0.29) is 11.7 Å². The Morgan fingerprint density at radius 3 is 2.30 bits per heavy atom. The monoisotopic (exact) mass is 358 g/mol. The summed E-state index contributed by atoms with van der Waals surface area (Å²) in [6.07, 6.45) is 0. The fraction of sp³-hybridized carbons (Fsp3) is 0.0500. The lowest BCUT2D eigenvalue weighted by Crippen LogP contribution is -2.11. The number of benzene rings is 2. The van der Waals surface area contributed by atoms with E-state index in [0.717, 1.165) is 22.2 Å². The predicted molar refractivity (Wildman–Crippen MR) is 106 cm³/mol. The second kappa shape index (κ2) is 6.14. The van der Waals surface area contributed by atoms with Crippen molar-refractivity contribution in [2.24, 2.45) is 11.5 Å². The molecule has 0 unspecified atom stereocenters. The van der Waals surface area contributed by atoms with Gasteiger partial charge in [-0.25, -0.2) is 4.98 Å². The van der Waals surface area contributed by atoms with Crippen molar-refractivity contribution in [3.8, 4) is 22.9 Å². The molecule has 0 saturated carbocycles. The number of aryl methyl sites for hydroxylation is 1. The van der Waals surface area contributed by atoms with E-state index in [1.54, 1.807) is 18.2 Å². The number of nitrogens with two attached hydrogens (primary N) is 2. The largest absolute Gasteiger partial charge is 0.453 e. The lowest BCUT2D eigenvalue weighted by Gasteiger charge is -2.05. The van der Waals surface area contributed by atoms with Crippen molar-refractivity contribution < 1.29 is 4.42 Å². The molecule has 0 atom stereocenters. The molecule has 0 bridgehead atoms. The Hall–Kier alpha value is -3.87. The van der Waals surface area contributed by atoms with Crippen LogP contribution >= 0.6 is 0 Å². The van der Waals surface area contributed by atoms with Gasteiger partial charge in [0, 0.05) is 16.7 Å². The van der Waals surface area contributed by atoms with Gasteiger partial charge in [0.15, 0.2) is 11.6 Å². The first-order valence-corrected chi connectivity index (χ1v) is 8.32. The fourth-order valence-electron chi connectivity index (χ4n) is 3.01. The Kier molecular flexibility index (Phi) is 3.77. The van der Waals surface area contributed by atoms with Gasteiger partial charge in [0.25, 0.3) is 0 Å². The quantitative estimate of drug-likeness (QED) is 0.281. The fourth-order valence-corrected chi connectivity index (χ4v) is 3.01. The van der Waals surface area contributed by atoms with E-state index >= 15 is 0 Å². The van der Waals surface area contributed by atoms with E-state index in [1.807, 2.05) is 37.3 Å². The summed E-state index contributed by atoms with van der Waals surface area (Å²) < 4.78 is 6.00. The van der Waals surface area contributed by atoms with Crippen LogP contribution in [0.1, 0.15) is 16.7 Å². The molecular weight excluding hydrogens is 340 g/mol. The number of furan rings is 1. The van der Waals surface area contributed by atoms with Crippen LogP contribution in [0.5, 0.6) is 0 Å². The van der Waals surface area contributed by atoms with Gasteiger partial charge in [-0.2, -0.15) is 0 Å². The first-order chi connectivity index (χ1) is 12.9. The number of nitrogens with zero attached hydrogens (tertiary/aromatic N) is 1. The standard InChI is InChI=1S/C20H18N6O/c1-10-8-11(18(21)22)2-4-13(10)16-6-7-17(27-16)20-25-14-5-3-12(19(23)24)9-15(14)26-20/h2-9H,1H3,(H3,21,22)(H3,23,24)(H,25,26). The van der Waals surface area contributed by atoms with Crippen molar-refractivity contribution in [1.82, 2.24) is 9.97 Å². The number of hydrogen-bond acceptors (Lipinski definition) is 4. The lowest BCUT2D eigenvalue weighted by atomic mass is 10.0. The summed E-state index contributed by atoms with van der Waals surface area (Å²) in [7, 11) is 0. The maximum absolute atomic E-state index is 7.55. The van der Waals surface area contributed by atoms with Gasteiger partial charge in [0.05, 0.1) is 11.0 Å². The number of hydrogen-bond donors (Lipinski definition) is 5. The van der Waals surface area contributed by atoms with Gasteiger partial charge in [-0.05, 0) is 48.9 Å². The smallest absolute Gasteiger partial charge is 0.174 e. The molecule has 4 aromatic rings. The van der Waals surface area contributed by atoms with Crippen molar-refractivity contribution in [3.05, 3.63) is 65.2 Å². The average Bonchev–Trinajstić information content (AvgIpc) is 3.27. The number of amidine groups is 2. The van der Waals surface area contributed by atoms with Crippen LogP contribution in [0.15, 0.2) is 52.9 Å². The molecular formula is C20H18N6O. The van der Waals surface area contributed by atoms with E-state index < -0.39 is 0 Å². The molecule has 0 aliphatic heterocycles. The second-order valence-electron chi connectivity index (χ2n) is 6.34. The van der Waals surface area contributed by atoms with E-state index in [4.69, 9.17) is 26.7 Å². The van der Waals surface area contributed by atoms with Crippen molar-refractivity contribution in [2.45, 2.75) is 6.92 Å². The molecule has 0 spiro atoms. The van der Waals surface area contributed by atoms with Crippen LogP contribution in [0.4, 0.5) is 0 Å². The molecule has 2 aromatic carbocycles. The zero-order valence-corrected chi connectivity index (χ0v) is 14.6. The average molecular weight is 358 g/mol. The van der Waals surface area contributed by atoms with Crippen LogP contribution in [0, 0.1) is 17.7 Å². The van der Waals surface area contributed by atoms with Crippen molar-refractivity contribution in [1.29, 1.82) is 10.8 Å². The van der Waals surface area contributed by atoms with Crippen LogP contribution < -0.4 is 11.5 Å². The van der Waals surface area contributed by atoms with Crippen LogP contribution in [0.25, 0.3) is 33.9 Å². The second-order valence-corrected chi connectivity index (χ2v) is 6.34. The normalized spacial score (nSPS) is 11.0. The zero-order valence-electron chi connectivity index (χ0n) is 14.6. The topological polar surface area (TPSA) is 142 Å². The van der Waals surface area contributed by atoms with Gasteiger partial charge >= 0.3 is 0 Å². The maximum atomic E-state index is 7.55. The molecule has 2 heterocycles. The molecule has 0 radical (unpaired) electrons. The Morgan fingerprint density at radius 2 is 1.59 bits per heavy atom. The predicted octanol–water partition coefficient (Wildman–Crippen LogP) is 3.37. The molecule has 7 N–H and O–H groups in total. The third-order valence-electron chi connectivity index (χ3n) is 4.44. The first kappa shape index (κ1) is 16.6. The van der Waals surface area contributed by atoms with E-state index in [9.17, 15) is 0 Å². The van der Waals surface area contributed by atoms with Crippen LogP contribution in [0.2, 0.25) is 0 Å². The third kappa shape index (κ3) is 2.95. The van der Waals surface area contributed by atoms with Gasteiger partial charge in [0.2, 0.25) is 0 Å². The summed E-state index contributed by atoms with van der Waals surface area (Å²) >= 11 is 0. The Morgan fingerprint density at radius 1 is 0.926 bits per heavy atom. The summed E-state index contributed by atoms with van der Waals surface area (Å²) in [4.78, 5) is 7.75. The molecule has 0 aliphatic rings. The minimum atomic E-state index is 0.0119. The number of nitrogens with one attached hydrogen (secondary N) is 3. The Bertz CT molecular complexity index is 1200. The van der Waals surface area contributed by atoms with Crippen LogP contribution in [-0.4, -0.2) is 21.6 Å². The van der Waals surface area contributed by atoms with Crippen molar-refractivity contribution in [3.63, 3.8) is 0 Å². The number of aromatic nitrogens is 2. The van der Waals surface area contributed by atoms with Crippen molar-refractivity contribution >= 4 is 22.7 Å². The Balaban J connectivity index is 1.71. The highest BCUT2D eigenvalue weighted by Crippen LogP contribution is 2.30. The van der Waals surface area contributed by atoms with Crippen LogP contribution in [-0.2, 0) is 0 Å². The number of H-pyrrole nitrogens is 1. The third-order valence-corrected chi connectivity index (χ3v) is 4.44. The van der Waals surface area contributed by atoms with Gasteiger partial charge in [-0.1, -0.05) is 12.1 Å². The molecule has 7 nitrogen and oxygen atoms in total. The van der Waals surface area contributed by atoms with E-state index in [0.29, 0.717) is 28.5 Å². The molecule has 27 heavy (non-hydrogen) atoms. The molecule has 2 aromatic heterocycles. The van der Waals surface area contributed by atoms with Gasteiger partial charge in [0.1, 0.15) is 17.4 Å². The molecule has 7 heteroatoms. The summed E-state index contributed by atoms with van der Waals surface area (Å²) in [5, 5.41) is 15.1. The maximum Gasteiger partial charge on any atom is 0.174 e. The molecule has 4 rings (SSSR count). The summed E-state index contributed by atoms with van der Waals surface area (Å²) in [5.41, 5.74) is 15.9. The van der Waals surface area contributed by atoms with Gasteiger partial charge in [-0.3, -0.25) is 10.8 Å². The van der Waals surface area contributed by atoms with Gasteiger partial charge < -0.3 is 20.9 Å². The molecule has 0 aliphatic carbocycles. The van der Waals surface area contributed by atoms with E-state index in [1.165, 1.54) is 0 Å². The summed E-state index contributed by atoms with van der Waals surface area (Å²) in [5.74, 6) is 1.98. The summed E-state index contributed by atoms with van der Waals surface area (Å²) in [6.45, 7) is 1.95. The van der Waals surface area contributed by atoms with E-state index in [2.05, 4.69) is 9.97 Å².